The molecule has 0 unspecified atom stereocenters. The monoisotopic (exact) mass is 996 g/mol. The Bertz CT molecular complexity index is 4670. The quantitative estimate of drug-likeness (QED) is 0.142. The third kappa shape index (κ3) is 5.61. The van der Waals surface area contributed by atoms with Gasteiger partial charge in [0.2, 0.25) is 0 Å². The molecular weight excluding hydrogens is 937 g/mol. The van der Waals surface area contributed by atoms with Crippen LogP contribution in [0.1, 0.15) is 103 Å². The Balaban J connectivity index is 0.000000128. The van der Waals surface area contributed by atoms with Crippen LogP contribution >= 0.6 is 0 Å². The van der Waals surface area contributed by atoms with E-state index >= 15 is 0 Å². The van der Waals surface area contributed by atoms with Crippen molar-refractivity contribution in [2.45, 2.75) is 90.9 Å². The van der Waals surface area contributed by atoms with Crippen molar-refractivity contribution in [3.8, 4) is 111 Å². The standard InChI is InChI=1S/C43H38.C35H22/c1-41(2,3)25-15-24-16-26(42(4,5)6)18-36-32-22-38-34(20-30(32)35(17-25)40(24)36)33-19-29-27-13-9-11-23-12-10-14-28(39(23)27)31(29)21-37(33)43(38,7)8;1-35(2)31-17-27-23-13-5-9-19-7-3-11-21(33(19)23)25(27)15-29(31)30-16-26-22-12-4-8-20-10-6-14-24(34(20)22)28(26)18-32(30)35/h9-22H,1-8H3;3-18H,1-2H3. The number of benzene rings is 12. The predicted molar refractivity (Wildman–Crippen MR) is 333 cm³/mol. The molecule has 0 N–H and O–H groups in total. The summed E-state index contributed by atoms with van der Waals surface area (Å²) in [6.07, 6.45) is 0. The minimum Gasteiger partial charge on any atom is -0.0610 e. The van der Waals surface area contributed by atoms with E-state index in [1.54, 1.807) is 0 Å². The Labute approximate surface area is 458 Å². The lowest BCUT2D eigenvalue weighted by atomic mass is 9.80. The Morgan fingerprint density at radius 3 is 0.718 bits per heavy atom. The molecule has 0 nitrogen and oxygen atoms in total. The van der Waals surface area contributed by atoms with Gasteiger partial charge < -0.3 is 0 Å². The molecule has 6 aliphatic rings. The van der Waals surface area contributed by atoms with Crippen LogP contribution in [-0.4, -0.2) is 0 Å². The van der Waals surface area contributed by atoms with E-state index < -0.39 is 0 Å². The summed E-state index contributed by atoms with van der Waals surface area (Å²) >= 11 is 0. The van der Waals surface area contributed by atoms with Crippen molar-refractivity contribution in [3.05, 3.63) is 215 Å². The molecule has 0 heteroatoms. The molecular formula is C78H60. The van der Waals surface area contributed by atoms with Crippen LogP contribution in [0.15, 0.2) is 182 Å². The third-order valence-corrected chi connectivity index (χ3v) is 19.7. The molecule has 0 heterocycles. The predicted octanol–water partition coefficient (Wildman–Crippen LogP) is 21.8. The van der Waals surface area contributed by atoms with Crippen LogP contribution in [0.4, 0.5) is 0 Å². The number of hydrogen-bond donors (Lipinski definition) is 0. The van der Waals surface area contributed by atoms with Gasteiger partial charge in [-0.25, -0.2) is 0 Å². The highest BCUT2D eigenvalue weighted by Crippen LogP contribution is 2.62. The molecule has 0 atom stereocenters. The number of fused-ring (bicyclic) bond motifs is 18. The molecule has 0 aliphatic heterocycles. The van der Waals surface area contributed by atoms with Crippen molar-refractivity contribution in [3.63, 3.8) is 0 Å². The zero-order valence-corrected chi connectivity index (χ0v) is 46.3. The summed E-state index contributed by atoms with van der Waals surface area (Å²) < 4.78 is 0. The second kappa shape index (κ2) is 14.4. The molecule has 0 spiro atoms. The van der Waals surface area contributed by atoms with Gasteiger partial charge in [0.05, 0.1) is 0 Å². The lowest BCUT2D eigenvalue weighted by molar-refractivity contribution is 0.589. The van der Waals surface area contributed by atoms with E-state index in [1.807, 2.05) is 0 Å². The zero-order valence-electron chi connectivity index (χ0n) is 46.3. The third-order valence-electron chi connectivity index (χ3n) is 19.7. The van der Waals surface area contributed by atoms with E-state index in [-0.39, 0.29) is 21.7 Å². The van der Waals surface area contributed by atoms with Crippen LogP contribution in [0.2, 0.25) is 0 Å². The fourth-order valence-electron chi connectivity index (χ4n) is 15.6. The molecule has 0 fully saturated rings. The van der Waals surface area contributed by atoms with E-state index in [2.05, 4.69) is 251 Å². The molecule has 0 bridgehead atoms. The van der Waals surface area contributed by atoms with Crippen LogP contribution in [0, 0.1) is 0 Å². The van der Waals surface area contributed by atoms with Gasteiger partial charge in [-0.15, -0.1) is 0 Å². The summed E-state index contributed by atoms with van der Waals surface area (Å²) in [7, 11) is 0. The molecule has 12 aromatic rings. The van der Waals surface area contributed by atoms with Gasteiger partial charge in [-0.1, -0.05) is 191 Å². The normalized spacial score (nSPS) is 15.0. The first kappa shape index (κ1) is 44.8. The minimum atomic E-state index is -0.0799. The summed E-state index contributed by atoms with van der Waals surface area (Å²) in [5, 5.41) is 11.0. The number of rotatable bonds is 0. The second-order valence-corrected chi connectivity index (χ2v) is 26.8. The first-order chi connectivity index (χ1) is 37.4. The van der Waals surface area contributed by atoms with Crippen LogP contribution in [0.25, 0.3) is 154 Å². The molecule has 0 amide bonds. The van der Waals surface area contributed by atoms with Crippen molar-refractivity contribution in [2.75, 3.05) is 0 Å². The highest BCUT2D eigenvalue weighted by molar-refractivity contribution is 6.21. The second-order valence-electron chi connectivity index (χ2n) is 26.8. The average molecular weight is 997 g/mol. The van der Waals surface area contributed by atoms with Gasteiger partial charge in [0.15, 0.2) is 0 Å². The first-order valence-electron chi connectivity index (χ1n) is 28.4. The van der Waals surface area contributed by atoms with Crippen molar-refractivity contribution >= 4 is 43.1 Å². The van der Waals surface area contributed by atoms with Crippen molar-refractivity contribution in [1.29, 1.82) is 0 Å². The highest BCUT2D eigenvalue weighted by Gasteiger charge is 2.42. The van der Waals surface area contributed by atoms with Gasteiger partial charge in [0.1, 0.15) is 0 Å². The van der Waals surface area contributed by atoms with Crippen LogP contribution in [0.3, 0.4) is 0 Å². The topological polar surface area (TPSA) is 0 Å². The summed E-state index contributed by atoms with van der Waals surface area (Å²) in [4.78, 5) is 0. The van der Waals surface area contributed by atoms with Gasteiger partial charge in [0, 0.05) is 10.8 Å². The molecule has 18 rings (SSSR count). The lowest BCUT2D eigenvalue weighted by Crippen LogP contribution is -2.15. The largest absolute Gasteiger partial charge is 0.0610 e. The number of hydrogen-bond acceptors (Lipinski definition) is 0. The van der Waals surface area contributed by atoms with E-state index in [0.717, 1.165) is 0 Å². The van der Waals surface area contributed by atoms with E-state index in [1.165, 1.54) is 188 Å². The van der Waals surface area contributed by atoms with E-state index in [4.69, 9.17) is 0 Å². The Hall–Kier alpha value is -8.32. The van der Waals surface area contributed by atoms with Crippen LogP contribution in [-0.2, 0) is 21.7 Å². The maximum atomic E-state index is 2.56. The SMILES string of the molecule is CC(C)(C)c1cc2c3c(cc(C(C)(C)C)cc3c1)-c1cc3c(cc1-2)-c1cc2c(cc1C3(C)C)-c1cccc3cccc-2c13.CC1(C)c2cc3c(cc2-c2cc4c(cc21)-c1cccc2cccc-4c12)-c1cccc2cccc-3c12. The van der Waals surface area contributed by atoms with Crippen molar-refractivity contribution in [1.82, 2.24) is 0 Å². The molecule has 0 aromatic heterocycles. The molecule has 78 heavy (non-hydrogen) atoms. The van der Waals surface area contributed by atoms with Gasteiger partial charge in [-0.3, -0.25) is 0 Å². The summed E-state index contributed by atoms with van der Waals surface area (Å²) in [5.41, 5.74) is 36.4. The maximum Gasteiger partial charge on any atom is 0.0159 e. The molecule has 6 aliphatic carbocycles. The fourth-order valence-corrected chi connectivity index (χ4v) is 15.6. The average Bonchev–Trinajstić information content (AvgIpc) is 4.38. The molecule has 0 saturated heterocycles. The molecule has 0 saturated carbocycles. The summed E-state index contributed by atoms with van der Waals surface area (Å²) in [6.45, 7) is 23.7. The zero-order chi connectivity index (χ0) is 52.8. The van der Waals surface area contributed by atoms with Crippen LogP contribution < -0.4 is 0 Å². The molecule has 372 valence electrons. The smallest absolute Gasteiger partial charge is 0.0159 e. The fraction of sp³-hybridized carbons (Fsp3) is 0.179. The Morgan fingerprint density at radius 1 is 0.218 bits per heavy atom. The lowest BCUT2D eigenvalue weighted by Gasteiger charge is -2.23. The molecule has 12 aromatic carbocycles. The maximum absolute atomic E-state index is 2.56. The van der Waals surface area contributed by atoms with E-state index in [0.29, 0.717) is 0 Å². The van der Waals surface area contributed by atoms with Gasteiger partial charge in [-0.2, -0.15) is 0 Å². The summed E-state index contributed by atoms with van der Waals surface area (Å²) in [5.74, 6) is 0. The molecule has 0 radical (unpaired) electrons. The van der Waals surface area contributed by atoms with Gasteiger partial charge in [0.25, 0.3) is 0 Å². The van der Waals surface area contributed by atoms with Crippen molar-refractivity contribution < 1.29 is 0 Å². The Morgan fingerprint density at radius 2 is 0.449 bits per heavy atom. The van der Waals surface area contributed by atoms with Crippen molar-refractivity contribution in [2.24, 2.45) is 0 Å². The van der Waals surface area contributed by atoms with Gasteiger partial charge >= 0.3 is 0 Å². The first-order valence-corrected chi connectivity index (χ1v) is 28.4. The summed E-state index contributed by atoms with van der Waals surface area (Å²) in [6, 6.07) is 70.5. The van der Waals surface area contributed by atoms with Gasteiger partial charge in [-0.05, 0) is 259 Å². The minimum absolute atomic E-state index is 0.0416. The Kier molecular flexibility index (Phi) is 8.28. The van der Waals surface area contributed by atoms with E-state index in [9.17, 15) is 0 Å². The highest BCUT2D eigenvalue weighted by atomic mass is 14.4. The van der Waals surface area contributed by atoms with Crippen LogP contribution in [0.5, 0.6) is 0 Å².